The molecular weight excluding hydrogens is 308 g/mol. The molecule has 2 fully saturated rings. The first kappa shape index (κ1) is 18.3. The molecule has 1 amide bonds. The fraction of sp³-hybridized carbons (Fsp3) is 0.632. The Bertz CT molecular complexity index is 493. The van der Waals surface area contributed by atoms with E-state index in [4.69, 9.17) is 5.73 Å². The van der Waals surface area contributed by atoms with Crippen LogP contribution in [0.15, 0.2) is 30.3 Å². The number of rotatable bonds is 4. The Morgan fingerprint density at radius 1 is 1.09 bits per heavy atom. The molecule has 0 radical (unpaired) electrons. The molecule has 2 N–H and O–H groups in total. The van der Waals surface area contributed by atoms with Crippen molar-refractivity contribution in [2.24, 2.45) is 11.7 Å². The summed E-state index contributed by atoms with van der Waals surface area (Å²) in [6.07, 6.45) is 8.58. The van der Waals surface area contributed by atoms with E-state index in [-0.39, 0.29) is 18.4 Å². The molecule has 1 heterocycles. The van der Waals surface area contributed by atoms with Crippen molar-refractivity contribution >= 4 is 18.3 Å². The highest BCUT2D eigenvalue weighted by Crippen LogP contribution is 2.29. The van der Waals surface area contributed by atoms with Crippen molar-refractivity contribution < 1.29 is 4.79 Å². The van der Waals surface area contributed by atoms with Gasteiger partial charge in [0, 0.05) is 25.0 Å². The SMILES string of the molecule is Cl.N[C@@H]1CCC[C@H]1CC(=O)N1CCCCC1Cc1ccccc1. The van der Waals surface area contributed by atoms with Crippen LogP contribution in [-0.4, -0.2) is 29.4 Å². The maximum atomic E-state index is 12.8. The average Bonchev–Trinajstić information content (AvgIpc) is 2.94. The van der Waals surface area contributed by atoms with Crippen molar-refractivity contribution in [3.05, 3.63) is 35.9 Å². The maximum Gasteiger partial charge on any atom is 0.223 e. The number of nitrogens with zero attached hydrogens (tertiary/aromatic N) is 1. The van der Waals surface area contributed by atoms with Crippen LogP contribution in [0.4, 0.5) is 0 Å². The van der Waals surface area contributed by atoms with Gasteiger partial charge in [-0.2, -0.15) is 0 Å². The number of piperidine rings is 1. The Kier molecular flexibility index (Phi) is 6.91. The third-order valence-corrected chi connectivity index (χ3v) is 5.42. The lowest BCUT2D eigenvalue weighted by atomic mass is 9.93. The first-order chi connectivity index (χ1) is 10.7. The lowest BCUT2D eigenvalue weighted by molar-refractivity contribution is -0.135. The van der Waals surface area contributed by atoms with E-state index in [9.17, 15) is 4.79 Å². The van der Waals surface area contributed by atoms with Gasteiger partial charge < -0.3 is 10.6 Å². The van der Waals surface area contributed by atoms with Gasteiger partial charge in [0.1, 0.15) is 0 Å². The molecule has 1 aromatic carbocycles. The predicted octanol–water partition coefficient (Wildman–Crippen LogP) is 3.55. The van der Waals surface area contributed by atoms with Crippen LogP contribution in [0.3, 0.4) is 0 Å². The average molecular weight is 337 g/mol. The Labute approximate surface area is 146 Å². The molecule has 0 bridgehead atoms. The number of benzene rings is 1. The summed E-state index contributed by atoms with van der Waals surface area (Å²) in [4.78, 5) is 14.9. The molecule has 4 heteroatoms. The fourth-order valence-corrected chi connectivity index (χ4v) is 4.09. The number of amides is 1. The summed E-state index contributed by atoms with van der Waals surface area (Å²) in [7, 11) is 0. The Balaban J connectivity index is 0.00000192. The minimum atomic E-state index is 0. The van der Waals surface area contributed by atoms with Crippen molar-refractivity contribution in [1.29, 1.82) is 0 Å². The van der Waals surface area contributed by atoms with Gasteiger partial charge in [0.15, 0.2) is 0 Å². The van der Waals surface area contributed by atoms with Crippen LogP contribution in [-0.2, 0) is 11.2 Å². The highest BCUT2D eigenvalue weighted by atomic mass is 35.5. The van der Waals surface area contributed by atoms with Crippen LogP contribution in [0.25, 0.3) is 0 Å². The molecule has 1 aromatic rings. The zero-order valence-electron chi connectivity index (χ0n) is 13.8. The zero-order valence-corrected chi connectivity index (χ0v) is 14.6. The number of likely N-dealkylation sites (tertiary alicyclic amines) is 1. The second-order valence-electron chi connectivity index (χ2n) is 6.99. The van der Waals surface area contributed by atoms with Gasteiger partial charge in [-0.25, -0.2) is 0 Å². The van der Waals surface area contributed by atoms with Gasteiger partial charge in [0.05, 0.1) is 0 Å². The van der Waals surface area contributed by atoms with Crippen molar-refractivity contribution in [3.8, 4) is 0 Å². The highest BCUT2D eigenvalue weighted by Gasteiger charge is 2.31. The highest BCUT2D eigenvalue weighted by molar-refractivity contribution is 5.85. The molecule has 1 aliphatic carbocycles. The second kappa shape index (κ2) is 8.70. The first-order valence-corrected chi connectivity index (χ1v) is 8.83. The molecule has 1 unspecified atom stereocenters. The summed E-state index contributed by atoms with van der Waals surface area (Å²) in [6.45, 7) is 0.929. The van der Waals surface area contributed by atoms with E-state index in [2.05, 4.69) is 35.2 Å². The molecule has 3 nitrogen and oxygen atoms in total. The number of carbonyl (C=O) groups is 1. The van der Waals surface area contributed by atoms with Gasteiger partial charge in [0.2, 0.25) is 5.91 Å². The molecule has 3 atom stereocenters. The van der Waals surface area contributed by atoms with Crippen LogP contribution < -0.4 is 5.73 Å². The largest absolute Gasteiger partial charge is 0.339 e. The van der Waals surface area contributed by atoms with Crippen LogP contribution in [0, 0.1) is 5.92 Å². The van der Waals surface area contributed by atoms with Gasteiger partial charge in [-0.1, -0.05) is 36.8 Å². The maximum absolute atomic E-state index is 12.8. The van der Waals surface area contributed by atoms with Crippen molar-refractivity contribution in [2.75, 3.05) is 6.54 Å². The normalized spacial score (nSPS) is 27.5. The van der Waals surface area contributed by atoms with Crippen LogP contribution in [0.1, 0.15) is 50.5 Å². The van der Waals surface area contributed by atoms with E-state index >= 15 is 0 Å². The topological polar surface area (TPSA) is 46.3 Å². The molecule has 0 spiro atoms. The minimum absolute atomic E-state index is 0. The lowest BCUT2D eigenvalue weighted by Gasteiger charge is -2.37. The molecule has 1 saturated heterocycles. The first-order valence-electron chi connectivity index (χ1n) is 8.83. The predicted molar refractivity (Wildman–Crippen MR) is 96.7 cm³/mol. The number of halogens is 1. The second-order valence-corrected chi connectivity index (χ2v) is 6.99. The van der Waals surface area contributed by atoms with Gasteiger partial charge in [0.25, 0.3) is 0 Å². The fourth-order valence-electron chi connectivity index (χ4n) is 4.09. The van der Waals surface area contributed by atoms with Gasteiger partial charge in [-0.15, -0.1) is 12.4 Å². The van der Waals surface area contributed by atoms with Crippen LogP contribution in [0.2, 0.25) is 0 Å². The summed E-state index contributed by atoms with van der Waals surface area (Å²) in [5.74, 6) is 0.745. The molecule has 23 heavy (non-hydrogen) atoms. The van der Waals surface area contributed by atoms with Gasteiger partial charge in [-0.3, -0.25) is 4.79 Å². The summed E-state index contributed by atoms with van der Waals surface area (Å²) < 4.78 is 0. The third-order valence-electron chi connectivity index (χ3n) is 5.42. The monoisotopic (exact) mass is 336 g/mol. The molecule has 128 valence electrons. The Morgan fingerprint density at radius 2 is 1.87 bits per heavy atom. The van der Waals surface area contributed by atoms with Gasteiger partial charge in [-0.05, 0) is 50.0 Å². The molecule has 0 aromatic heterocycles. The number of carbonyl (C=O) groups excluding carboxylic acids is 1. The Morgan fingerprint density at radius 3 is 2.57 bits per heavy atom. The van der Waals surface area contributed by atoms with Crippen LogP contribution >= 0.6 is 12.4 Å². The van der Waals surface area contributed by atoms with E-state index in [1.54, 1.807) is 0 Å². The van der Waals surface area contributed by atoms with E-state index in [0.717, 1.165) is 38.6 Å². The molecule has 2 aliphatic rings. The van der Waals surface area contributed by atoms with E-state index in [0.29, 0.717) is 24.3 Å². The minimum Gasteiger partial charge on any atom is -0.339 e. The molecule has 1 saturated carbocycles. The number of hydrogen-bond acceptors (Lipinski definition) is 2. The zero-order chi connectivity index (χ0) is 15.4. The van der Waals surface area contributed by atoms with E-state index < -0.39 is 0 Å². The van der Waals surface area contributed by atoms with Crippen molar-refractivity contribution in [1.82, 2.24) is 4.90 Å². The summed E-state index contributed by atoms with van der Waals surface area (Å²) in [6, 6.07) is 11.2. The summed E-state index contributed by atoms with van der Waals surface area (Å²) in [5, 5.41) is 0. The van der Waals surface area contributed by atoms with E-state index in [1.165, 1.54) is 18.4 Å². The quantitative estimate of drug-likeness (QED) is 0.914. The number of nitrogens with two attached hydrogens (primary N) is 1. The smallest absolute Gasteiger partial charge is 0.223 e. The van der Waals surface area contributed by atoms with Crippen molar-refractivity contribution in [2.45, 2.75) is 63.5 Å². The van der Waals surface area contributed by atoms with Gasteiger partial charge >= 0.3 is 0 Å². The number of hydrogen-bond donors (Lipinski definition) is 1. The van der Waals surface area contributed by atoms with Crippen LogP contribution in [0.5, 0.6) is 0 Å². The van der Waals surface area contributed by atoms with Crippen molar-refractivity contribution in [3.63, 3.8) is 0 Å². The molecule has 3 rings (SSSR count). The molecule has 1 aliphatic heterocycles. The molecular formula is C19H29ClN2O. The lowest BCUT2D eigenvalue weighted by Crippen LogP contribution is -2.46. The standard InChI is InChI=1S/C19H28N2O.ClH/c20-18-11-6-9-16(18)14-19(22)21-12-5-4-10-17(21)13-15-7-2-1-3-8-15;/h1-3,7-8,16-18H,4-6,9-14,20H2;1H/t16-,17?,18+;/m0./s1. The summed E-state index contributed by atoms with van der Waals surface area (Å²) in [5.41, 5.74) is 7.48. The summed E-state index contributed by atoms with van der Waals surface area (Å²) >= 11 is 0. The third kappa shape index (κ3) is 4.71. The van der Waals surface area contributed by atoms with E-state index in [1.807, 2.05) is 0 Å². The Hall–Kier alpha value is -1.06.